The summed E-state index contributed by atoms with van der Waals surface area (Å²) in [6, 6.07) is 10.3. The fraction of sp³-hybridized carbons (Fsp3) is 0.214. The second-order valence-electron chi connectivity index (χ2n) is 4.02. The molecule has 0 bridgehead atoms. The lowest BCUT2D eigenvalue weighted by molar-refractivity contribution is -0.114. The molecule has 0 fully saturated rings. The molecule has 2 aromatic rings. The predicted octanol–water partition coefficient (Wildman–Crippen LogP) is 4.04. The number of hydrogen-bond acceptors (Lipinski definition) is 4. The van der Waals surface area contributed by atoms with Crippen molar-refractivity contribution >= 4 is 40.4 Å². The maximum Gasteiger partial charge on any atom is 0.221 e. The molecular formula is C14H16N2OS2. The van der Waals surface area contributed by atoms with Crippen molar-refractivity contribution in [2.75, 3.05) is 16.9 Å². The Hall–Kier alpha value is -1.46. The van der Waals surface area contributed by atoms with E-state index in [1.807, 2.05) is 11.4 Å². The van der Waals surface area contributed by atoms with Crippen LogP contribution >= 0.6 is 23.1 Å². The number of thioether (sulfide) groups is 1. The average Bonchev–Trinajstić information content (AvgIpc) is 2.83. The quantitative estimate of drug-likeness (QED) is 0.817. The monoisotopic (exact) mass is 292 g/mol. The van der Waals surface area contributed by atoms with Crippen molar-refractivity contribution in [1.29, 1.82) is 0 Å². The zero-order valence-corrected chi connectivity index (χ0v) is 12.5. The fourth-order valence-electron chi connectivity index (χ4n) is 1.67. The summed E-state index contributed by atoms with van der Waals surface area (Å²) in [5, 5.41) is 8.18. The van der Waals surface area contributed by atoms with Crippen LogP contribution in [-0.2, 0) is 11.3 Å². The summed E-state index contributed by atoms with van der Waals surface area (Å²) in [4.78, 5) is 13.5. The van der Waals surface area contributed by atoms with Crippen LogP contribution in [0.2, 0.25) is 0 Å². The second kappa shape index (κ2) is 6.63. The van der Waals surface area contributed by atoms with Crippen LogP contribution in [0.5, 0.6) is 0 Å². The van der Waals surface area contributed by atoms with Crippen LogP contribution in [0.3, 0.4) is 0 Å². The normalized spacial score (nSPS) is 10.2. The van der Waals surface area contributed by atoms with E-state index in [1.54, 1.807) is 23.1 Å². The van der Waals surface area contributed by atoms with Crippen molar-refractivity contribution in [3.05, 3.63) is 40.6 Å². The minimum atomic E-state index is -0.0380. The van der Waals surface area contributed by atoms with Crippen molar-refractivity contribution in [3.8, 4) is 0 Å². The van der Waals surface area contributed by atoms with Gasteiger partial charge in [-0.25, -0.2) is 0 Å². The Kier molecular flexibility index (Phi) is 4.87. The van der Waals surface area contributed by atoms with Gasteiger partial charge >= 0.3 is 0 Å². The van der Waals surface area contributed by atoms with Crippen LogP contribution in [0.4, 0.5) is 11.4 Å². The molecule has 2 N–H and O–H groups in total. The van der Waals surface area contributed by atoms with Gasteiger partial charge in [0.15, 0.2) is 0 Å². The Balaban J connectivity index is 1.98. The molecule has 0 aliphatic heterocycles. The number of nitrogens with one attached hydrogen (secondary N) is 2. The van der Waals surface area contributed by atoms with Crippen molar-refractivity contribution in [2.45, 2.75) is 18.4 Å². The summed E-state index contributed by atoms with van der Waals surface area (Å²) in [7, 11) is 0. The van der Waals surface area contributed by atoms with Crippen LogP contribution < -0.4 is 10.6 Å². The highest BCUT2D eigenvalue weighted by Gasteiger charge is 2.05. The summed E-state index contributed by atoms with van der Waals surface area (Å²) < 4.78 is 0. The number of rotatable bonds is 5. The molecule has 0 aliphatic carbocycles. The van der Waals surface area contributed by atoms with E-state index in [0.717, 1.165) is 16.3 Å². The predicted molar refractivity (Wildman–Crippen MR) is 84.2 cm³/mol. The summed E-state index contributed by atoms with van der Waals surface area (Å²) in [5.41, 5.74) is 1.98. The second-order valence-corrected chi connectivity index (χ2v) is 5.90. The first-order chi connectivity index (χ1) is 9.19. The number of anilines is 2. The third kappa shape index (κ3) is 4.01. The molecule has 0 unspecified atom stereocenters. The van der Waals surface area contributed by atoms with Crippen molar-refractivity contribution in [1.82, 2.24) is 0 Å². The van der Waals surface area contributed by atoms with Crippen LogP contribution in [0.25, 0.3) is 0 Å². The zero-order chi connectivity index (χ0) is 13.7. The van der Waals surface area contributed by atoms with Gasteiger partial charge in [-0.05, 0) is 42.0 Å². The molecule has 19 heavy (non-hydrogen) atoms. The minimum Gasteiger partial charge on any atom is -0.380 e. The van der Waals surface area contributed by atoms with Gasteiger partial charge in [0, 0.05) is 22.4 Å². The maximum absolute atomic E-state index is 11.1. The smallest absolute Gasteiger partial charge is 0.221 e. The Morgan fingerprint density at radius 3 is 2.63 bits per heavy atom. The topological polar surface area (TPSA) is 41.1 Å². The lowest BCUT2D eigenvalue weighted by Gasteiger charge is -2.08. The summed E-state index contributed by atoms with van der Waals surface area (Å²) >= 11 is 3.37. The summed E-state index contributed by atoms with van der Waals surface area (Å²) in [6.07, 6.45) is 2.06. The first-order valence-electron chi connectivity index (χ1n) is 5.91. The van der Waals surface area contributed by atoms with E-state index in [0.29, 0.717) is 6.54 Å². The SMILES string of the molecule is CSc1ccc(NCc2sccc2NC(C)=O)cc1. The van der Waals surface area contributed by atoms with Crippen LogP contribution in [0, 0.1) is 0 Å². The van der Waals surface area contributed by atoms with Gasteiger partial charge in [0.05, 0.1) is 12.2 Å². The van der Waals surface area contributed by atoms with E-state index in [2.05, 4.69) is 41.2 Å². The molecule has 2 rings (SSSR count). The molecule has 0 saturated heterocycles. The third-order valence-electron chi connectivity index (χ3n) is 2.60. The molecule has 0 spiro atoms. The van der Waals surface area contributed by atoms with Gasteiger partial charge in [-0.15, -0.1) is 23.1 Å². The number of carbonyl (C=O) groups excluding carboxylic acids is 1. The number of thiophene rings is 1. The molecule has 0 atom stereocenters. The van der Waals surface area contributed by atoms with Crippen LogP contribution in [-0.4, -0.2) is 12.2 Å². The van der Waals surface area contributed by atoms with E-state index in [-0.39, 0.29) is 5.91 Å². The van der Waals surface area contributed by atoms with Gasteiger partial charge < -0.3 is 10.6 Å². The van der Waals surface area contributed by atoms with Gasteiger partial charge in [-0.3, -0.25) is 4.79 Å². The molecule has 1 aromatic carbocycles. The van der Waals surface area contributed by atoms with E-state index in [9.17, 15) is 4.79 Å². The molecule has 0 saturated carbocycles. The molecule has 3 nitrogen and oxygen atoms in total. The molecule has 0 radical (unpaired) electrons. The zero-order valence-electron chi connectivity index (χ0n) is 10.9. The standard InChI is InChI=1S/C14H16N2OS2/c1-10(17)16-13-7-8-19-14(13)9-15-11-3-5-12(18-2)6-4-11/h3-8,15H,9H2,1-2H3,(H,16,17). The van der Waals surface area contributed by atoms with Gasteiger partial charge in [0.2, 0.25) is 5.91 Å². The molecule has 1 amide bonds. The van der Waals surface area contributed by atoms with Crippen LogP contribution in [0.15, 0.2) is 40.6 Å². The Morgan fingerprint density at radius 2 is 2.00 bits per heavy atom. The Labute approximate surface area is 121 Å². The van der Waals surface area contributed by atoms with Crippen LogP contribution in [0.1, 0.15) is 11.8 Å². The molecule has 1 heterocycles. The average molecular weight is 292 g/mol. The molecule has 5 heteroatoms. The number of amides is 1. The first kappa shape index (κ1) is 14.0. The summed E-state index contributed by atoms with van der Waals surface area (Å²) in [6.45, 7) is 2.24. The lowest BCUT2D eigenvalue weighted by atomic mass is 10.3. The highest BCUT2D eigenvalue weighted by Crippen LogP contribution is 2.24. The van der Waals surface area contributed by atoms with Crippen molar-refractivity contribution in [2.24, 2.45) is 0 Å². The minimum absolute atomic E-state index is 0.0380. The molecule has 1 aromatic heterocycles. The lowest BCUT2D eigenvalue weighted by Crippen LogP contribution is -2.08. The van der Waals surface area contributed by atoms with Gasteiger partial charge in [-0.2, -0.15) is 0 Å². The third-order valence-corrected chi connectivity index (χ3v) is 4.26. The maximum atomic E-state index is 11.1. The Morgan fingerprint density at radius 1 is 1.26 bits per heavy atom. The Bertz CT molecular complexity index is 549. The fourth-order valence-corrected chi connectivity index (χ4v) is 2.85. The van der Waals surface area contributed by atoms with Gasteiger partial charge in [0.25, 0.3) is 0 Å². The van der Waals surface area contributed by atoms with E-state index in [4.69, 9.17) is 0 Å². The highest BCUT2D eigenvalue weighted by molar-refractivity contribution is 7.98. The number of benzene rings is 1. The number of carbonyl (C=O) groups is 1. The van der Waals surface area contributed by atoms with Gasteiger partial charge in [0.1, 0.15) is 0 Å². The van der Waals surface area contributed by atoms with E-state index in [1.165, 1.54) is 11.8 Å². The molecule has 100 valence electrons. The molecule has 0 aliphatic rings. The number of hydrogen-bond donors (Lipinski definition) is 2. The van der Waals surface area contributed by atoms with Crippen molar-refractivity contribution < 1.29 is 4.79 Å². The molecular weight excluding hydrogens is 276 g/mol. The van der Waals surface area contributed by atoms with E-state index < -0.39 is 0 Å². The summed E-state index contributed by atoms with van der Waals surface area (Å²) in [5.74, 6) is -0.0380. The van der Waals surface area contributed by atoms with Gasteiger partial charge in [-0.1, -0.05) is 0 Å². The largest absolute Gasteiger partial charge is 0.380 e. The highest BCUT2D eigenvalue weighted by atomic mass is 32.2. The van der Waals surface area contributed by atoms with Crippen molar-refractivity contribution in [3.63, 3.8) is 0 Å². The first-order valence-corrected chi connectivity index (χ1v) is 8.01. The van der Waals surface area contributed by atoms with E-state index >= 15 is 0 Å².